The summed E-state index contributed by atoms with van der Waals surface area (Å²) in [6.07, 6.45) is 1.48. The number of aryl methyl sites for hydroxylation is 2. The molecule has 0 fully saturated rings. The highest BCUT2D eigenvalue weighted by Gasteiger charge is 2.31. The minimum Gasteiger partial charge on any atom is -0.324 e. The fourth-order valence-corrected chi connectivity index (χ4v) is 3.93. The average Bonchev–Trinajstić information content (AvgIpc) is 2.55. The van der Waals surface area contributed by atoms with Gasteiger partial charge < -0.3 is 5.32 Å². The van der Waals surface area contributed by atoms with Crippen LogP contribution < -0.4 is 9.62 Å². The van der Waals surface area contributed by atoms with Gasteiger partial charge in [0.05, 0.1) is 11.9 Å². The van der Waals surface area contributed by atoms with Crippen molar-refractivity contribution in [1.82, 2.24) is 0 Å². The zero-order valence-electron chi connectivity index (χ0n) is 15.0. The molecule has 2 aromatic carbocycles. The molecular formula is C19H24N2O3S. The second-order valence-corrected chi connectivity index (χ2v) is 7.99. The average molecular weight is 360 g/mol. The molecule has 0 spiro atoms. The third kappa shape index (κ3) is 4.60. The molecule has 25 heavy (non-hydrogen) atoms. The number of benzene rings is 2. The third-order valence-corrected chi connectivity index (χ3v) is 5.17. The number of carbonyl (C=O) groups is 1. The minimum atomic E-state index is -3.61. The van der Waals surface area contributed by atoms with Crippen LogP contribution in [-0.4, -0.2) is 26.6 Å². The highest BCUT2D eigenvalue weighted by molar-refractivity contribution is 7.92. The van der Waals surface area contributed by atoms with Crippen LogP contribution in [0.3, 0.4) is 0 Å². The molecule has 0 aromatic heterocycles. The lowest BCUT2D eigenvalue weighted by atomic mass is 10.1. The van der Waals surface area contributed by atoms with Gasteiger partial charge in [-0.15, -0.1) is 0 Å². The number of hydrogen-bond acceptors (Lipinski definition) is 3. The van der Waals surface area contributed by atoms with Gasteiger partial charge in [-0.3, -0.25) is 9.10 Å². The number of para-hydroxylation sites is 1. The maximum absolute atomic E-state index is 12.9. The molecule has 6 heteroatoms. The molecule has 0 heterocycles. The van der Waals surface area contributed by atoms with Crippen molar-refractivity contribution in [3.8, 4) is 0 Å². The quantitative estimate of drug-likeness (QED) is 0.857. The number of nitrogens with zero attached hydrogens (tertiary/aromatic N) is 1. The summed E-state index contributed by atoms with van der Waals surface area (Å²) in [5.41, 5.74) is 3.13. The van der Waals surface area contributed by atoms with E-state index in [9.17, 15) is 13.2 Å². The lowest BCUT2D eigenvalue weighted by Crippen LogP contribution is -2.47. The number of nitrogens with one attached hydrogen (secondary N) is 1. The van der Waals surface area contributed by atoms with Crippen LogP contribution in [0.2, 0.25) is 0 Å². The summed E-state index contributed by atoms with van der Waals surface area (Å²) in [6, 6.07) is 13.6. The van der Waals surface area contributed by atoms with E-state index in [1.54, 1.807) is 37.3 Å². The molecule has 0 aliphatic carbocycles. The SMILES string of the molecule is CC[C@H](C(=O)Nc1cc(C)ccc1C)N(c1ccccc1)S(C)(=O)=O. The minimum absolute atomic E-state index is 0.342. The first kappa shape index (κ1) is 19.0. The van der Waals surface area contributed by atoms with Gasteiger partial charge in [0.2, 0.25) is 15.9 Å². The smallest absolute Gasteiger partial charge is 0.248 e. The Bertz CT molecular complexity index is 848. The molecule has 2 rings (SSSR count). The Hall–Kier alpha value is -2.34. The Kier molecular flexibility index (Phi) is 5.85. The zero-order valence-corrected chi connectivity index (χ0v) is 15.8. The summed E-state index contributed by atoms with van der Waals surface area (Å²) in [5.74, 6) is -0.342. The lowest BCUT2D eigenvalue weighted by molar-refractivity contribution is -0.117. The van der Waals surface area contributed by atoms with Crippen molar-refractivity contribution in [2.75, 3.05) is 15.9 Å². The molecule has 134 valence electrons. The molecule has 5 nitrogen and oxygen atoms in total. The molecule has 0 saturated heterocycles. The van der Waals surface area contributed by atoms with E-state index < -0.39 is 16.1 Å². The van der Waals surface area contributed by atoms with E-state index in [2.05, 4.69) is 5.32 Å². The van der Waals surface area contributed by atoms with Crippen LogP contribution in [0.15, 0.2) is 48.5 Å². The van der Waals surface area contributed by atoms with Crippen molar-refractivity contribution in [2.24, 2.45) is 0 Å². The molecule has 0 saturated carbocycles. The molecule has 0 unspecified atom stereocenters. The summed E-state index contributed by atoms with van der Waals surface area (Å²) in [6.45, 7) is 5.65. The summed E-state index contributed by atoms with van der Waals surface area (Å²) in [4.78, 5) is 12.9. The van der Waals surface area contributed by atoms with Crippen molar-refractivity contribution >= 4 is 27.3 Å². The molecule has 0 aliphatic rings. The predicted molar refractivity (Wildman–Crippen MR) is 102 cm³/mol. The standard InChI is InChI=1S/C19H24N2O3S/c1-5-18(19(22)20-17-13-14(2)11-12-15(17)3)21(25(4,23)24)16-9-7-6-8-10-16/h6-13,18H,5H2,1-4H3,(H,20,22)/t18-/m1/s1. The Morgan fingerprint density at radius 1 is 1.12 bits per heavy atom. The normalized spacial score (nSPS) is 12.5. The topological polar surface area (TPSA) is 66.5 Å². The van der Waals surface area contributed by atoms with E-state index >= 15 is 0 Å². The first-order valence-electron chi connectivity index (χ1n) is 8.16. The van der Waals surface area contributed by atoms with Crippen LogP contribution in [0.4, 0.5) is 11.4 Å². The lowest BCUT2D eigenvalue weighted by Gasteiger charge is -2.30. The molecule has 0 radical (unpaired) electrons. The molecule has 2 aromatic rings. The fourth-order valence-electron chi connectivity index (χ4n) is 2.72. The van der Waals surface area contributed by atoms with Crippen molar-refractivity contribution < 1.29 is 13.2 Å². The van der Waals surface area contributed by atoms with Crippen LogP contribution in [-0.2, 0) is 14.8 Å². The van der Waals surface area contributed by atoms with Gasteiger partial charge in [-0.2, -0.15) is 0 Å². The first-order chi connectivity index (χ1) is 11.7. The van der Waals surface area contributed by atoms with Crippen molar-refractivity contribution in [3.63, 3.8) is 0 Å². The molecule has 0 aliphatic heterocycles. The Labute approximate surface area is 149 Å². The summed E-state index contributed by atoms with van der Waals surface area (Å²) < 4.78 is 25.9. The van der Waals surface area contributed by atoms with E-state index in [1.807, 2.05) is 32.0 Å². The van der Waals surface area contributed by atoms with Gasteiger partial charge >= 0.3 is 0 Å². The highest BCUT2D eigenvalue weighted by Crippen LogP contribution is 2.24. The van der Waals surface area contributed by atoms with Crippen LogP contribution in [0.1, 0.15) is 24.5 Å². The van der Waals surface area contributed by atoms with Crippen molar-refractivity contribution in [1.29, 1.82) is 0 Å². The van der Waals surface area contributed by atoms with Crippen LogP contribution >= 0.6 is 0 Å². The van der Waals surface area contributed by atoms with E-state index in [4.69, 9.17) is 0 Å². The fraction of sp³-hybridized carbons (Fsp3) is 0.316. The van der Waals surface area contributed by atoms with Gasteiger partial charge in [0.25, 0.3) is 0 Å². The van der Waals surface area contributed by atoms with E-state index in [-0.39, 0.29) is 5.91 Å². The number of sulfonamides is 1. The van der Waals surface area contributed by atoms with Gasteiger partial charge in [-0.1, -0.05) is 37.3 Å². The highest BCUT2D eigenvalue weighted by atomic mass is 32.2. The Morgan fingerprint density at radius 3 is 2.32 bits per heavy atom. The van der Waals surface area contributed by atoms with Crippen LogP contribution in [0.25, 0.3) is 0 Å². The maximum Gasteiger partial charge on any atom is 0.248 e. The number of carbonyl (C=O) groups excluding carboxylic acids is 1. The predicted octanol–water partition coefficient (Wildman–Crippen LogP) is 3.49. The largest absolute Gasteiger partial charge is 0.324 e. The summed E-state index contributed by atoms with van der Waals surface area (Å²) in [7, 11) is -3.61. The summed E-state index contributed by atoms with van der Waals surface area (Å²) >= 11 is 0. The van der Waals surface area contributed by atoms with Crippen LogP contribution in [0.5, 0.6) is 0 Å². The number of amides is 1. The van der Waals surface area contributed by atoms with Gasteiger partial charge in [0, 0.05) is 5.69 Å². The second-order valence-electron chi connectivity index (χ2n) is 6.13. The van der Waals surface area contributed by atoms with E-state index in [1.165, 1.54) is 4.31 Å². The monoisotopic (exact) mass is 360 g/mol. The first-order valence-corrected chi connectivity index (χ1v) is 10.0. The van der Waals surface area contributed by atoms with Gasteiger partial charge in [-0.25, -0.2) is 8.42 Å². The maximum atomic E-state index is 12.9. The zero-order chi connectivity index (χ0) is 18.6. The van der Waals surface area contributed by atoms with Crippen LogP contribution in [0, 0.1) is 13.8 Å². The number of rotatable bonds is 6. The molecule has 1 N–H and O–H groups in total. The third-order valence-electron chi connectivity index (χ3n) is 3.99. The Balaban J connectivity index is 2.38. The van der Waals surface area contributed by atoms with Gasteiger partial charge in [0.15, 0.2) is 0 Å². The molecule has 0 bridgehead atoms. The molecule has 1 amide bonds. The van der Waals surface area contributed by atoms with E-state index in [0.29, 0.717) is 17.8 Å². The Morgan fingerprint density at radius 2 is 1.76 bits per heavy atom. The molecular weight excluding hydrogens is 336 g/mol. The number of hydrogen-bond donors (Lipinski definition) is 1. The van der Waals surface area contributed by atoms with Gasteiger partial charge in [0.1, 0.15) is 6.04 Å². The molecule has 1 atom stereocenters. The van der Waals surface area contributed by atoms with Crippen molar-refractivity contribution in [2.45, 2.75) is 33.2 Å². The van der Waals surface area contributed by atoms with Crippen molar-refractivity contribution in [3.05, 3.63) is 59.7 Å². The number of anilines is 2. The second kappa shape index (κ2) is 7.70. The van der Waals surface area contributed by atoms with Gasteiger partial charge in [-0.05, 0) is 49.6 Å². The van der Waals surface area contributed by atoms with E-state index in [0.717, 1.165) is 17.4 Å². The summed E-state index contributed by atoms with van der Waals surface area (Å²) in [5, 5.41) is 2.88.